The second-order valence-corrected chi connectivity index (χ2v) is 5.52. The Bertz CT molecular complexity index is 794. The number of carbonyl (C=O) groups excluding carboxylic acids is 1. The lowest BCUT2D eigenvalue weighted by atomic mass is 10.1. The number of ether oxygens (including phenoxy) is 1. The number of aliphatic imine (C=N–C) groups is 1. The van der Waals surface area contributed by atoms with Gasteiger partial charge in [-0.1, -0.05) is 29.8 Å². The van der Waals surface area contributed by atoms with Crippen LogP contribution in [0.1, 0.15) is 21.5 Å². The maximum absolute atomic E-state index is 12.7. The van der Waals surface area contributed by atoms with Gasteiger partial charge in [-0.05, 0) is 49.3 Å². The first-order valence-corrected chi connectivity index (χ1v) is 7.59. The molecule has 1 amide bonds. The molecule has 0 aliphatic rings. The average Bonchev–Trinajstić information content (AvgIpc) is 2.50. The first-order chi connectivity index (χ1) is 11.0. The number of hydrogen-bond acceptors (Lipinski definition) is 4. The van der Waals surface area contributed by atoms with E-state index in [2.05, 4.69) is 27.7 Å². The summed E-state index contributed by atoms with van der Waals surface area (Å²) >= 11 is 10.7. The molecule has 0 spiro atoms. The molecule has 0 radical (unpaired) electrons. The Labute approximate surface area is 145 Å². The van der Waals surface area contributed by atoms with Gasteiger partial charge in [0.1, 0.15) is 5.75 Å². The predicted molar refractivity (Wildman–Crippen MR) is 96.6 cm³/mol. The van der Waals surface area contributed by atoms with Crippen LogP contribution in [0.4, 0.5) is 11.4 Å². The van der Waals surface area contributed by atoms with Crippen molar-refractivity contribution in [2.24, 2.45) is 4.99 Å². The molecule has 0 bridgehead atoms. The molecule has 1 N–H and O–H groups in total. The monoisotopic (exact) mass is 346 g/mol. The van der Waals surface area contributed by atoms with Gasteiger partial charge in [0.2, 0.25) is 0 Å². The first-order valence-electron chi connectivity index (χ1n) is 6.81. The minimum absolute atomic E-state index is 0.283. The van der Waals surface area contributed by atoms with Crippen LogP contribution in [-0.4, -0.2) is 18.2 Å². The third-order valence-electron chi connectivity index (χ3n) is 3.37. The molecule has 0 heterocycles. The molecule has 118 valence electrons. The molecule has 0 fully saturated rings. The normalized spacial score (nSPS) is 9.91. The Kier molecular flexibility index (Phi) is 5.50. The molecule has 0 saturated carbocycles. The van der Waals surface area contributed by atoms with Crippen LogP contribution in [0.3, 0.4) is 0 Å². The van der Waals surface area contributed by atoms with Crippen molar-refractivity contribution in [2.75, 3.05) is 12.4 Å². The van der Waals surface area contributed by atoms with Gasteiger partial charge >= 0.3 is 0 Å². The number of halogens is 1. The van der Waals surface area contributed by atoms with E-state index in [0.717, 1.165) is 16.8 Å². The average molecular weight is 347 g/mol. The first kappa shape index (κ1) is 17.2. The maximum Gasteiger partial charge on any atom is 0.259 e. The number of hydrogen-bond donors (Lipinski definition) is 1. The summed E-state index contributed by atoms with van der Waals surface area (Å²) in [6, 6.07) is 8.92. The summed E-state index contributed by atoms with van der Waals surface area (Å²) in [4.78, 5) is 16.5. The Balaban J connectivity index is 2.48. The molecule has 2 aromatic carbocycles. The van der Waals surface area contributed by atoms with Crippen molar-refractivity contribution in [1.82, 2.24) is 0 Å². The number of isothiocyanates is 1. The predicted octanol–water partition coefficient (Wildman–Crippen LogP) is 4.95. The fraction of sp³-hybridized carbons (Fsp3) is 0.176. The molecule has 4 nitrogen and oxygen atoms in total. The van der Waals surface area contributed by atoms with Crippen LogP contribution < -0.4 is 10.1 Å². The highest BCUT2D eigenvalue weighted by molar-refractivity contribution is 7.78. The summed E-state index contributed by atoms with van der Waals surface area (Å²) in [5.41, 5.74) is 3.43. The topological polar surface area (TPSA) is 50.7 Å². The summed E-state index contributed by atoms with van der Waals surface area (Å²) in [7, 11) is 1.46. The number of carbonyl (C=O) groups is 1. The molecule has 2 rings (SSSR count). The second-order valence-electron chi connectivity index (χ2n) is 4.93. The van der Waals surface area contributed by atoms with Crippen molar-refractivity contribution in [3.63, 3.8) is 0 Å². The lowest BCUT2D eigenvalue weighted by Crippen LogP contribution is -2.15. The van der Waals surface area contributed by atoms with E-state index < -0.39 is 0 Å². The number of nitrogens with zero attached hydrogens (tertiary/aromatic N) is 1. The van der Waals surface area contributed by atoms with E-state index in [-0.39, 0.29) is 16.5 Å². The Morgan fingerprint density at radius 2 is 1.96 bits per heavy atom. The molecular weight excluding hydrogens is 332 g/mol. The van der Waals surface area contributed by atoms with Gasteiger partial charge in [-0.3, -0.25) is 4.79 Å². The highest BCUT2D eigenvalue weighted by Crippen LogP contribution is 2.34. The van der Waals surface area contributed by atoms with Gasteiger partial charge in [0.05, 0.1) is 28.5 Å². The van der Waals surface area contributed by atoms with E-state index in [1.165, 1.54) is 7.11 Å². The van der Waals surface area contributed by atoms with E-state index in [1.807, 2.05) is 32.0 Å². The number of para-hydroxylation sites is 1. The van der Waals surface area contributed by atoms with Gasteiger partial charge in [0.15, 0.2) is 0 Å². The molecule has 0 atom stereocenters. The lowest BCUT2D eigenvalue weighted by Gasteiger charge is -2.14. The number of amides is 1. The van der Waals surface area contributed by atoms with Crippen LogP contribution in [0, 0.1) is 13.8 Å². The zero-order chi connectivity index (χ0) is 17.0. The van der Waals surface area contributed by atoms with E-state index in [0.29, 0.717) is 11.4 Å². The van der Waals surface area contributed by atoms with Crippen LogP contribution >= 0.6 is 23.8 Å². The van der Waals surface area contributed by atoms with E-state index in [1.54, 1.807) is 12.1 Å². The largest absolute Gasteiger partial charge is 0.494 e. The van der Waals surface area contributed by atoms with Crippen LogP contribution in [0.15, 0.2) is 35.3 Å². The van der Waals surface area contributed by atoms with Gasteiger partial charge < -0.3 is 10.1 Å². The molecule has 0 aliphatic carbocycles. The van der Waals surface area contributed by atoms with Crippen LogP contribution in [0.2, 0.25) is 5.02 Å². The van der Waals surface area contributed by atoms with Crippen molar-refractivity contribution in [3.8, 4) is 5.75 Å². The lowest BCUT2D eigenvalue weighted by molar-refractivity contribution is 0.102. The van der Waals surface area contributed by atoms with Gasteiger partial charge in [-0.2, -0.15) is 4.99 Å². The van der Waals surface area contributed by atoms with E-state index in [9.17, 15) is 4.79 Å². The zero-order valence-electron chi connectivity index (χ0n) is 12.9. The fourth-order valence-corrected chi connectivity index (χ4v) is 2.66. The maximum atomic E-state index is 12.7. The minimum Gasteiger partial charge on any atom is -0.494 e. The third kappa shape index (κ3) is 3.77. The minimum atomic E-state index is -0.331. The molecular formula is C17H15ClN2O2S. The van der Waals surface area contributed by atoms with Gasteiger partial charge in [0, 0.05) is 5.69 Å². The van der Waals surface area contributed by atoms with Crippen LogP contribution in [0.5, 0.6) is 5.75 Å². The summed E-state index contributed by atoms with van der Waals surface area (Å²) in [5, 5.41) is 5.44. The molecule has 6 heteroatoms. The molecule has 23 heavy (non-hydrogen) atoms. The number of rotatable bonds is 4. The standard InChI is InChI=1S/C17H15ClN2O2S/c1-10-5-4-6-11(2)15(10)20-17(21)13-7-12(19-9-23)8-14(18)16(13)22-3/h4-8H,1-3H3,(H,20,21). The van der Waals surface area contributed by atoms with Crippen molar-refractivity contribution < 1.29 is 9.53 Å². The van der Waals surface area contributed by atoms with Gasteiger partial charge in [-0.15, -0.1) is 0 Å². The summed E-state index contributed by atoms with van der Waals surface area (Å²) in [5.74, 6) is -0.0405. The molecule has 0 saturated heterocycles. The number of methoxy groups -OCH3 is 1. The van der Waals surface area contributed by atoms with Crippen LogP contribution in [-0.2, 0) is 0 Å². The Hall–Kier alpha value is -2.20. The Morgan fingerprint density at radius 3 is 2.52 bits per heavy atom. The zero-order valence-corrected chi connectivity index (χ0v) is 14.5. The third-order valence-corrected chi connectivity index (χ3v) is 3.74. The molecule has 0 unspecified atom stereocenters. The van der Waals surface area contributed by atoms with E-state index in [4.69, 9.17) is 16.3 Å². The second kappa shape index (κ2) is 7.38. The number of anilines is 1. The Morgan fingerprint density at radius 1 is 1.30 bits per heavy atom. The van der Waals surface area contributed by atoms with Crippen LogP contribution in [0.25, 0.3) is 0 Å². The van der Waals surface area contributed by atoms with Crippen molar-refractivity contribution in [1.29, 1.82) is 0 Å². The summed E-state index contributed by atoms with van der Waals surface area (Å²) in [6.45, 7) is 3.86. The quantitative estimate of drug-likeness (QED) is 0.629. The van der Waals surface area contributed by atoms with Gasteiger partial charge in [0.25, 0.3) is 5.91 Å². The number of thiocarbonyl (C=S) groups is 1. The highest BCUT2D eigenvalue weighted by atomic mass is 35.5. The fourth-order valence-electron chi connectivity index (χ4n) is 2.26. The molecule has 0 aromatic heterocycles. The van der Waals surface area contributed by atoms with Crippen molar-refractivity contribution in [3.05, 3.63) is 52.0 Å². The van der Waals surface area contributed by atoms with Crippen molar-refractivity contribution in [2.45, 2.75) is 13.8 Å². The highest BCUT2D eigenvalue weighted by Gasteiger charge is 2.18. The number of aryl methyl sites for hydroxylation is 2. The number of nitrogens with one attached hydrogen (secondary N) is 1. The summed E-state index contributed by atoms with van der Waals surface area (Å²) in [6.07, 6.45) is 0. The van der Waals surface area contributed by atoms with E-state index >= 15 is 0 Å². The summed E-state index contributed by atoms with van der Waals surface area (Å²) < 4.78 is 5.25. The van der Waals surface area contributed by atoms with Gasteiger partial charge in [-0.25, -0.2) is 0 Å². The van der Waals surface area contributed by atoms with Crippen molar-refractivity contribution >= 4 is 46.3 Å². The molecule has 0 aliphatic heterocycles. The smallest absolute Gasteiger partial charge is 0.259 e. The molecule has 2 aromatic rings. The SMILES string of the molecule is COc1c(Cl)cc(N=C=S)cc1C(=O)Nc1c(C)cccc1C. The number of benzene rings is 2.